The van der Waals surface area contributed by atoms with Gasteiger partial charge in [-0.1, -0.05) is 6.07 Å². The van der Waals surface area contributed by atoms with E-state index in [-0.39, 0.29) is 12.6 Å². The molecule has 0 spiro atoms. The molecule has 1 saturated heterocycles. The van der Waals surface area contributed by atoms with Crippen molar-refractivity contribution in [3.63, 3.8) is 0 Å². The van der Waals surface area contributed by atoms with Crippen LogP contribution in [0, 0.1) is 0 Å². The summed E-state index contributed by atoms with van der Waals surface area (Å²) in [7, 11) is 0. The molecule has 1 fully saturated rings. The Morgan fingerprint density at radius 1 is 1.50 bits per heavy atom. The molecular formula is C10H13FN2O. The monoisotopic (exact) mass is 196 g/mol. The maximum absolute atomic E-state index is 13.1. The normalized spacial score (nSPS) is 26.6. The van der Waals surface area contributed by atoms with E-state index in [1.807, 2.05) is 18.2 Å². The average Bonchev–Trinajstić information content (AvgIpc) is 2.63. The molecule has 0 bridgehead atoms. The highest BCUT2D eigenvalue weighted by atomic mass is 19.1. The number of ether oxygens (including phenoxy) is 1. The number of nitrogens with zero attached hydrogens (tertiary/aromatic N) is 1. The van der Waals surface area contributed by atoms with Gasteiger partial charge in [0.25, 0.3) is 0 Å². The first-order valence-corrected chi connectivity index (χ1v) is 4.71. The van der Waals surface area contributed by atoms with E-state index in [0.29, 0.717) is 13.2 Å². The van der Waals surface area contributed by atoms with Gasteiger partial charge >= 0.3 is 0 Å². The zero-order chi connectivity index (χ0) is 9.80. The predicted octanol–water partition coefficient (Wildman–Crippen LogP) is 0.908. The molecule has 1 aliphatic heterocycles. The summed E-state index contributed by atoms with van der Waals surface area (Å²) in [6.45, 7) is 1.25. The molecule has 1 aliphatic rings. The van der Waals surface area contributed by atoms with E-state index in [9.17, 15) is 4.39 Å². The smallest absolute Gasteiger partial charge is 0.141 e. The first-order chi connectivity index (χ1) is 6.86. The molecule has 0 amide bonds. The third kappa shape index (κ3) is 2.27. The molecular weight excluding hydrogens is 183 g/mol. The third-order valence-corrected chi connectivity index (χ3v) is 2.28. The van der Waals surface area contributed by atoms with Crippen molar-refractivity contribution in [2.45, 2.75) is 18.8 Å². The minimum atomic E-state index is -0.890. The Labute approximate surface area is 82.3 Å². The van der Waals surface area contributed by atoms with Gasteiger partial charge in [0.05, 0.1) is 24.9 Å². The average molecular weight is 196 g/mol. The lowest BCUT2D eigenvalue weighted by Crippen LogP contribution is -2.36. The van der Waals surface area contributed by atoms with Gasteiger partial charge in [0, 0.05) is 12.7 Å². The zero-order valence-electron chi connectivity index (χ0n) is 7.82. The zero-order valence-corrected chi connectivity index (χ0v) is 7.82. The quantitative estimate of drug-likeness (QED) is 0.780. The summed E-state index contributed by atoms with van der Waals surface area (Å²) >= 11 is 0. The molecule has 1 aromatic heterocycles. The Hall–Kier alpha value is -1.00. The summed E-state index contributed by atoms with van der Waals surface area (Å²) in [6.07, 6.45) is 0.841. The molecule has 0 aromatic carbocycles. The standard InChI is InChI=1S/C10H13FN2O/c11-9-6-14-7-10(9)13-5-8-3-1-2-4-12-8/h1-4,9-10,13H,5-7H2. The van der Waals surface area contributed by atoms with Crippen LogP contribution in [0.15, 0.2) is 24.4 Å². The number of nitrogens with one attached hydrogen (secondary N) is 1. The van der Waals surface area contributed by atoms with Crippen LogP contribution in [0.2, 0.25) is 0 Å². The number of hydrogen-bond donors (Lipinski definition) is 1. The number of alkyl halides is 1. The van der Waals surface area contributed by atoms with Crippen LogP contribution in [-0.2, 0) is 11.3 Å². The largest absolute Gasteiger partial charge is 0.377 e. The molecule has 2 rings (SSSR count). The van der Waals surface area contributed by atoms with Crippen LogP contribution in [0.3, 0.4) is 0 Å². The summed E-state index contributed by atoms with van der Waals surface area (Å²) in [6, 6.07) is 5.51. The molecule has 0 saturated carbocycles. The van der Waals surface area contributed by atoms with Crippen molar-refractivity contribution >= 4 is 0 Å². The molecule has 1 N–H and O–H groups in total. The summed E-state index contributed by atoms with van der Waals surface area (Å²) in [5, 5.41) is 3.09. The number of hydrogen-bond acceptors (Lipinski definition) is 3. The second-order valence-corrected chi connectivity index (χ2v) is 3.36. The highest BCUT2D eigenvalue weighted by Crippen LogP contribution is 2.09. The van der Waals surface area contributed by atoms with Crippen LogP contribution >= 0.6 is 0 Å². The Balaban J connectivity index is 1.82. The van der Waals surface area contributed by atoms with Gasteiger partial charge < -0.3 is 10.1 Å². The number of pyridine rings is 1. The van der Waals surface area contributed by atoms with E-state index in [2.05, 4.69) is 10.3 Å². The van der Waals surface area contributed by atoms with Crippen LogP contribution < -0.4 is 5.32 Å². The first-order valence-electron chi connectivity index (χ1n) is 4.71. The van der Waals surface area contributed by atoms with Gasteiger partial charge in [0.2, 0.25) is 0 Å². The lowest BCUT2D eigenvalue weighted by molar-refractivity contribution is 0.172. The number of halogens is 1. The molecule has 14 heavy (non-hydrogen) atoms. The fourth-order valence-corrected chi connectivity index (χ4v) is 1.45. The van der Waals surface area contributed by atoms with E-state index in [0.717, 1.165) is 5.69 Å². The SMILES string of the molecule is FC1COCC1NCc1ccccn1. The Bertz CT molecular complexity index is 281. The van der Waals surface area contributed by atoms with Crippen LogP contribution in [0.5, 0.6) is 0 Å². The first kappa shape index (κ1) is 9.55. The van der Waals surface area contributed by atoms with Crippen LogP contribution in [0.25, 0.3) is 0 Å². The third-order valence-electron chi connectivity index (χ3n) is 2.28. The summed E-state index contributed by atoms with van der Waals surface area (Å²) in [4.78, 5) is 4.14. The molecule has 76 valence electrons. The van der Waals surface area contributed by atoms with Crippen molar-refractivity contribution in [1.82, 2.24) is 10.3 Å². The van der Waals surface area contributed by atoms with Crippen molar-refractivity contribution in [2.75, 3.05) is 13.2 Å². The summed E-state index contributed by atoms with van der Waals surface area (Å²) in [5.74, 6) is 0. The van der Waals surface area contributed by atoms with E-state index in [1.54, 1.807) is 6.20 Å². The molecule has 2 heterocycles. The van der Waals surface area contributed by atoms with Crippen molar-refractivity contribution in [3.8, 4) is 0 Å². The Morgan fingerprint density at radius 3 is 3.07 bits per heavy atom. The lowest BCUT2D eigenvalue weighted by atomic mass is 10.2. The molecule has 0 radical (unpaired) electrons. The van der Waals surface area contributed by atoms with Gasteiger partial charge in [-0.15, -0.1) is 0 Å². The molecule has 3 nitrogen and oxygen atoms in total. The van der Waals surface area contributed by atoms with Crippen molar-refractivity contribution < 1.29 is 9.13 Å². The van der Waals surface area contributed by atoms with E-state index in [1.165, 1.54) is 0 Å². The lowest BCUT2D eigenvalue weighted by Gasteiger charge is -2.12. The van der Waals surface area contributed by atoms with Crippen molar-refractivity contribution in [1.29, 1.82) is 0 Å². The van der Waals surface area contributed by atoms with E-state index in [4.69, 9.17) is 4.74 Å². The highest BCUT2D eigenvalue weighted by Gasteiger charge is 2.27. The predicted molar refractivity (Wildman–Crippen MR) is 50.6 cm³/mol. The van der Waals surface area contributed by atoms with Crippen LogP contribution in [0.1, 0.15) is 5.69 Å². The minimum absolute atomic E-state index is 0.183. The fourth-order valence-electron chi connectivity index (χ4n) is 1.45. The summed E-state index contributed by atoms with van der Waals surface area (Å²) < 4.78 is 18.1. The Morgan fingerprint density at radius 2 is 2.43 bits per heavy atom. The minimum Gasteiger partial charge on any atom is -0.377 e. The van der Waals surface area contributed by atoms with Gasteiger partial charge in [0.1, 0.15) is 6.17 Å². The number of aromatic nitrogens is 1. The molecule has 1 aromatic rings. The fraction of sp³-hybridized carbons (Fsp3) is 0.500. The van der Waals surface area contributed by atoms with Gasteiger partial charge in [-0.25, -0.2) is 4.39 Å². The van der Waals surface area contributed by atoms with Gasteiger partial charge in [-0.2, -0.15) is 0 Å². The Kier molecular flexibility index (Phi) is 3.06. The molecule has 2 atom stereocenters. The second kappa shape index (κ2) is 4.48. The highest BCUT2D eigenvalue weighted by molar-refractivity contribution is 5.03. The van der Waals surface area contributed by atoms with Gasteiger partial charge in [0.15, 0.2) is 0 Å². The van der Waals surface area contributed by atoms with Crippen molar-refractivity contribution in [2.24, 2.45) is 0 Å². The maximum Gasteiger partial charge on any atom is 0.141 e. The molecule has 0 aliphatic carbocycles. The molecule has 2 unspecified atom stereocenters. The summed E-state index contributed by atoms with van der Waals surface area (Å²) in [5.41, 5.74) is 0.923. The molecule has 4 heteroatoms. The van der Waals surface area contributed by atoms with Gasteiger partial charge in [-0.05, 0) is 12.1 Å². The van der Waals surface area contributed by atoms with E-state index >= 15 is 0 Å². The van der Waals surface area contributed by atoms with Gasteiger partial charge in [-0.3, -0.25) is 4.98 Å². The number of rotatable bonds is 3. The van der Waals surface area contributed by atoms with Crippen molar-refractivity contribution in [3.05, 3.63) is 30.1 Å². The second-order valence-electron chi connectivity index (χ2n) is 3.36. The van der Waals surface area contributed by atoms with E-state index < -0.39 is 6.17 Å². The van der Waals surface area contributed by atoms with Crippen LogP contribution in [-0.4, -0.2) is 30.4 Å². The van der Waals surface area contributed by atoms with Crippen LogP contribution in [0.4, 0.5) is 4.39 Å². The maximum atomic E-state index is 13.1. The topological polar surface area (TPSA) is 34.1 Å².